The summed E-state index contributed by atoms with van der Waals surface area (Å²) in [6.07, 6.45) is 1.14. The van der Waals surface area contributed by atoms with Crippen molar-refractivity contribution in [2.24, 2.45) is 0 Å². The largest absolute Gasteiger partial charge is 0.306 e. The second-order valence-corrected chi connectivity index (χ2v) is 3.67. The Bertz CT molecular complexity index is 607. The number of nitrogens with one attached hydrogen (secondary N) is 1. The van der Waals surface area contributed by atoms with Crippen LogP contribution in [0.3, 0.4) is 0 Å². The summed E-state index contributed by atoms with van der Waals surface area (Å²) >= 11 is 5.59. The highest BCUT2D eigenvalue weighted by Crippen LogP contribution is 2.14. The van der Waals surface area contributed by atoms with Gasteiger partial charge in [0.05, 0.1) is 5.56 Å². The number of carbonyl (C=O) groups excluding carboxylic acids is 1. The molecule has 92 valence electrons. The maximum Gasteiger partial charge on any atom is 0.259 e. The Morgan fingerprint density at radius 2 is 2.06 bits per heavy atom. The molecule has 0 radical (unpaired) electrons. The van der Waals surface area contributed by atoms with Crippen molar-refractivity contribution < 1.29 is 13.6 Å². The molecule has 0 aliphatic rings. The molecule has 1 N–H and O–H groups in total. The van der Waals surface area contributed by atoms with Crippen LogP contribution < -0.4 is 5.32 Å². The number of anilines is 1. The predicted octanol–water partition coefficient (Wildman–Crippen LogP) is 2.66. The van der Waals surface area contributed by atoms with Crippen LogP contribution in [-0.2, 0) is 0 Å². The number of halogens is 3. The second kappa shape index (κ2) is 5.05. The van der Waals surface area contributed by atoms with Gasteiger partial charge in [-0.3, -0.25) is 4.79 Å². The van der Waals surface area contributed by atoms with Gasteiger partial charge in [0.1, 0.15) is 17.3 Å². The Labute approximate surface area is 106 Å². The Kier molecular flexibility index (Phi) is 3.47. The summed E-state index contributed by atoms with van der Waals surface area (Å²) in [7, 11) is 0. The third-order valence-corrected chi connectivity index (χ3v) is 2.28. The number of aromatic nitrogens is 2. The molecule has 1 aromatic heterocycles. The lowest BCUT2D eigenvalue weighted by Gasteiger charge is -2.05. The first kappa shape index (κ1) is 12.4. The highest BCUT2D eigenvalue weighted by Gasteiger charge is 2.15. The van der Waals surface area contributed by atoms with Gasteiger partial charge < -0.3 is 5.32 Å². The van der Waals surface area contributed by atoms with Crippen molar-refractivity contribution in [1.29, 1.82) is 0 Å². The predicted molar refractivity (Wildman–Crippen MR) is 61.4 cm³/mol. The molecule has 0 aliphatic carbocycles. The van der Waals surface area contributed by atoms with E-state index in [1.165, 1.54) is 12.1 Å². The number of hydrogen-bond donors (Lipinski definition) is 1. The average Bonchev–Trinajstić information content (AvgIpc) is 2.32. The van der Waals surface area contributed by atoms with Crippen molar-refractivity contribution in [1.82, 2.24) is 9.97 Å². The van der Waals surface area contributed by atoms with Gasteiger partial charge in [0.25, 0.3) is 5.91 Å². The first-order valence-electron chi connectivity index (χ1n) is 4.81. The van der Waals surface area contributed by atoms with Gasteiger partial charge in [-0.1, -0.05) is 17.7 Å². The van der Waals surface area contributed by atoms with Gasteiger partial charge in [-0.05, 0) is 12.1 Å². The van der Waals surface area contributed by atoms with E-state index in [9.17, 15) is 13.6 Å². The van der Waals surface area contributed by atoms with Crippen LogP contribution in [0.15, 0.2) is 30.6 Å². The maximum atomic E-state index is 13.3. The lowest BCUT2D eigenvalue weighted by atomic mass is 10.2. The molecule has 1 aromatic carbocycles. The molecule has 0 atom stereocenters. The molecule has 2 rings (SSSR count). The fourth-order valence-corrected chi connectivity index (χ4v) is 1.41. The van der Waals surface area contributed by atoms with Crippen molar-refractivity contribution in [2.75, 3.05) is 5.32 Å². The number of nitrogens with zero attached hydrogens (tertiary/aromatic N) is 2. The molecule has 0 bridgehead atoms. The molecule has 0 unspecified atom stereocenters. The van der Waals surface area contributed by atoms with Crippen LogP contribution in [0.2, 0.25) is 5.15 Å². The summed E-state index contributed by atoms with van der Waals surface area (Å²) in [5.41, 5.74) is -0.412. The average molecular weight is 270 g/mol. The van der Waals surface area contributed by atoms with Gasteiger partial charge in [-0.25, -0.2) is 18.7 Å². The molecule has 1 heterocycles. The zero-order valence-electron chi connectivity index (χ0n) is 8.82. The van der Waals surface area contributed by atoms with E-state index in [1.807, 2.05) is 0 Å². The van der Waals surface area contributed by atoms with Crippen LogP contribution in [0.4, 0.5) is 14.6 Å². The Balaban J connectivity index is 2.25. The van der Waals surface area contributed by atoms with E-state index in [-0.39, 0.29) is 11.0 Å². The van der Waals surface area contributed by atoms with Crippen molar-refractivity contribution in [3.8, 4) is 0 Å². The number of carbonyl (C=O) groups is 1. The molecule has 0 spiro atoms. The molecule has 1 amide bonds. The van der Waals surface area contributed by atoms with E-state index in [0.29, 0.717) is 0 Å². The number of rotatable bonds is 2. The lowest BCUT2D eigenvalue weighted by Crippen LogP contribution is -2.15. The minimum atomic E-state index is -1.21. The zero-order valence-corrected chi connectivity index (χ0v) is 9.58. The fourth-order valence-electron chi connectivity index (χ4n) is 1.26. The quantitative estimate of drug-likeness (QED) is 0.853. The lowest BCUT2D eigenvalue weighted by molar-refractivity contribution is 0.102. The minimum absolute atomic E-state index is 0.101. The van der Waals surface area contributed by atoms with Gasteiger partial charge in [-0.15, -0.1) is 0 Å². The summed E-state index contributed by atoms with van der Waals surface area (Å²) < 4.78 is 26.3. The summed E-state index contributed by atoms with van der Waals surface area (Å²) in [5.74, 6) is -3.02. The first-order valence-corrected chi connectivity index (χ1v) is 5.18. The molecule has 0 fully saturated rings. The van der Waals surface area contributed by atoms with E-state index in [0.717, 1.165) is 18.5 Å². The SMILES string of the molecule is O=C(Nc1cc(Cl)ncn1)c1cccc(F)c1F. The van der Waals surface area contributed by atoms with E-state index in [1.54, 1.807) is 0 Å². The van der Waals surface area contributed by atoms with E-state index >= 15 is 0 Å². The minimum Gasteiger partial charge on any atom is -0.306 e. The second-order valence-electron chi connectivity index (χ2n) is 3.28. The van der Waals surface area contributed by atoms with Crippen LogP contribution in [0.25, 0.3) is 0 Å². The molecule has 7 heteroatoms. The fraction of sp³-hybridized carbons (Fsp3) is 0. The molecular formula is C11H6ClF2N3O. The Morgan fingerprint density at radius 1 is 1.28 bits per heavy atom. The molecule has 18 heavy (non-hydrogen) atoms. The van der Waals surface area contributed by atoms with E-state index in [4.69, 9.17) is 11.6 Å². The Morgan fingerprint density at radius 3 is 2.78 bits per heavy atom. The van der Waals surface area contributed by atoms with Crippen molar-refractivity contribution in [2.45, 2.75) is 0 Å². The number of benzene rings is 1. The molecule has 0 saturated heterocycles. The zero-order chi connectivity index (χ0) is 13.1. The van der Waals surface area contributed by atoms with Crippen LogP contribution in [0, 0.1) is 11.6 Å². The van der Waals surface area contributed by atoms with Gasteiger partial charge in [0.15, 0.2) is 11.6 Å². The normalized spacial score (nSPS) is 10.2. The maximum absolute atomic E-state index is 13.3. The summed E-state index contributed by atoms with van der Waals surface area (Å²) in [6.45, 7) is 0. The van der Waals surface area contributed by atoms with Crippen molar-refractivity contribution >= 4 is 23.3 Å². The molecular weight excluding hydrogens is 264 g/mol. The van der Waals surface area contributed by atoms with Crippen molar-refractivity contribution in [3.63, 3.8) is 0 Å². The smallest absolute Gasteiger partial charge is 0.259 e. The topological polar surface area (TPSA) is 54.9 Å². The molecule has 0 saturated carbocycles. The van der Waals surface area contributed by atoms with Crippen LogP contribution in [0.1, 0.15) is 10.4 Å². The molecule has 0 aliphatic heterocycles. The van der Waals surface area contributed by atoms with Gasteiger partial charge in [0, 0.05) is 6.07 Å². The summed E-state index contributed by atoms with van der Waals surface area (Å²) in [5, 5.41) is 2.41. The van der Waals surface area contributed by atoms with Crippen LogP contribution in [-0.4, -0.2) is 15.9 Å². The van der Waals surface area contributed by atoms with Gasteiger partial charge >= 0.3 is 0 Å². The van der Waals surface area contributed by atoms with Crippen LogP contribution >= 0.6 is 11.6 Å². The third-order valence-electron chi connectivity index (χ3n) is 2.07. The van der Waals surface area contributed by atoms with Gasteiger partial charge in [0.2, 0.25) is 0 Å². The van der Waals surface area contributed by atoms with E-state index in [2.05, 4.69) is 15.3 Å². The molecule has 4 nitrogen and oxygen atoms in total. The van der Waals surface area contributed by atoms with E-state index < -0.39 is 23.1 Å². The monoisotopic (exact) mass is 269 g/mol. The number of hydrogen-bond acceptors (Lipinski definition) is 3. The molecule has 2 aromatic rings. The first-order chi connectivity index (χ1) is 8.58. The summed E-state index contributed by atoms with van der Waals surface area (Å²) in [4.78, 5) is 19.0. The van der Waals surface area contributed by atoms with Crippen molar-refractivity contribution in [3.05, 3.63) is 52.9 Å². The summed E-state index contributed by atoms with van der Waals surface area (Å²) in [6, 6.07) is 4.61. The number of amides is 1. The third kappa shape index (κ3) is 2.60. The Hall–Kier alpha value is -2.08. The standard InChI is InChI=1S/C11H6ClF2N3O/c12-8-4-9(16-5-15-8)17-11(18)6-2-1-3-7(13)10(6)14/h1-5H,(H,15,16,17,18). The van der Waals surface area contributed by atoms with Gasteiger partial charge in [-0.2, -0.15) is 0 Å². The highest BCUT2D eigenvalue weighted by molar-refractivity contribution is 6.29. The highest BCUT2D eigenvalue weighted by atomic mass is 35.5. The van der Waals surface area contributed by atoms with Crippen LogP contribution in [0.5, 0.6) is 0 Å².